The summed E-state index contributed by atoms with van der Waals surface area (Å²) in [6, 6.07) is 4.39. The predicted molar refractivity (Wildman–Crippen MR) is 139 cm³/mol. The average Bonchev–Trinajstić information content (AvgIpc) is 2.93. The van der Waals surface area contributed by atoms with Crippen LogP contribution < -0.4 is 10.6 Å². The van der Waals surface area contributed by atoms with Crippen LogP contribution in [0.3, 0.4) is 0 Å². The first kappa shape index (κ1) is 28.3. The van der Waals surface area contributed by atoms with Gasteiger partial charge in [-0.15, -0.1) is 0 Å². The largest absolute Gasteiger partial charge is 0.416 e. The fourth-order valence-electron chi connectivity index (χ4n) is 5.71. The summed E-state index contributed by atoms with van der Waals surface area (Å²) < 4.78 is 52.3. The molecule has 12 heteroatoms. The molecule has 9 nitrogen and oxygen atoms in total. The molecule has 0 spiro atoms. The van der Waals surface area contributed by atoms with Crippen LogP contribution in [0.1, 0.15) is 78.7 Å². The lowest BCUT2D eigenvalue weighted by Gasteiger charge is -2.48. The molecule has 6 rings (SSSR count). The third-order valence-corrected chi connectivity index (χ3v) is 7.92. The molecule has 4 aliphatic rings. The average molecular weight is 559 g/mol. The van der Waals surface area contributed by atoms with E-state index in [1.165, 1.54) is 6.07 Å². The van der Waals surface area contributed by atoms with Crippen molar-refractivity contribution in [3.8, 4) is 6.07 Å². The highest BCUT2D eigenvalue weighted by atomic mass is 19.4. The van der Waals surface area contributed by atoms with E-state index >= 15 is 0 Å². The second-order valence-electron chi connectivity index (χ2n) is 10.8. The minimum absolute atomic E-state index is 0.0153. The van der Waals surface area contributed by atoms with Crippen molar-refractivity contribution in [1.29, 1.82) is 5.26 Å². The van der Waals surface area contributed by atoms with Crippen molar-refractivity contribution in [3.63, 3.8) is 0 Å². The number of aryl methyl sites for hydroxylation is 1. The summed E-state index contributed by atoms with van der Waals surface area (Å²) in [5.74, 6) is 0.554. The van der Waals surface area contributed by atoms with Crippen LogP contribution in [0.25, 0.3) is 0 Å². The van der Waals surface area contributed by atoms with Crippen molar-refractivity contribution in [1.82, 2.24) is 20.2 Å². The quantitative estimate of drug-likeness (QED) is 0.521. The Labute approximate surface area is 231 Å². The highest BCUT2D eigenvalue weighted by Crippen LogP contribution is 2.36. The normalized spacial score (nSPS) is 23.9. The lowest BCUT2D eigenvalue weighted by molar-refractivity contribution is -0.183. The van der Waals surface area contributed by atoms with E-state index in [0.29, 0.717) is 42.5 Å². The van der Waals surface area contributed by atoms with Crippen LogP contribution in [-0.2, 0) is 26.9 Å². The minimum Gasteiger partial charge on any atom is -0.363 e. The van der Waals surface area contributed by atoms with Crippen LogP contribution in [0.2, 0.25) is 0 Å². The molecule has 4 aliphatic heterocycles. The second kappa shape index (κ2) is 11.3. The predicted octanol–water partition coefficient (Wildman–Crippen LogP) is 4.18. The molecule has 0 aliphatic carbocycles. The van der Waals surface area contributed by atoms with Gasteiger partial charge >= 0.3 is 6.18 Å². The lowest BCUT2D eigenvalue weighted by Crippen LogP contribution is -2.61. The fraction of sp³-hybridized carbons (Fsp3) is 0.571. The Balaban J connectivity index is 1.45. The van der Waals surface area contributed by atoms with Crippen molar-refractivity contribution in [2.75, 3.05) is 38.2 Å². The molecule has 4 fully saturated rings. The number of fused-ring (bicyclic) bond motifs is 3. The Morgan fingerprint density at radius 1 is 1.18 bits per heavy atom. The van der Waals surface area contributed by atoms with Gasteiger partial charge in [-0.25, -0.2) is 9.97 Å². The van der Waals surface area contributed by atoms with Crippen LogP contribution in [0.4, 0.5) is 19.0 Å². The van der Waals surface area contributed by atoms with Gasteiger partial charge in [-0.2, -0.15) is 18.4 Å². The first-order valence-electron chi connectivity index (χ1n) is 13.6. The Hall–Kier alpha value is -3.27. The second-order valence-corrected chi connectivity index (χ2v) is 10.8. The highest BCUT2D eigenvalue weighted by molar-refractivity contribution is 5.80. The van der Waals surface area contributed by atoms with Gasteiger partial charge in [0.25, 0.3) is 0 Å². The first-order valence-corrected chi connectivity index (χ1v) is 13.6. The number of anilines is 1. The number of hydrogen-bond donors (Lipinski definition) is 2. The Morgan fingerprint density at radius 2 is 1.85 bits per heavy atom. The van der Waals surface area contributed by atoms with Crippen LogP contribution in [0.15, 0.2) is 18.2 Å². The summed E-state index contributed by atoms with van der Waals surface area (Å²) in [5, 5.41) is 15.8. The molecule has 4 saturated heterocycles. The van der Waals surface area contributed by atoms with E-state index in [0.717, 1.165) is 51.0 Å². The third kappa shape index (κ3) is 6.22. The van der Waals surface area contributed by atoms with Gasteiger partial charge < -0.3 is 25.0 Å². The summed E-state index contributed by atoms with van der Waals surface area (Å²) >= 11 is 0. The van der Waals surface area contributed by atoms with Gasteiger partial charge in [0.1, 0.15) is 11.6 Å². The number of carbonyl (C=O) groups excluding carboxylic acids is 1. The molecule has 1 amide bonds. The number of benzene rings is 1. The number of hydrogen-bond acceptors (Lipinski definition) is 8. The zero-order valence-electron chi connectivity index (χ0n) is 22.6. The number of halogens is 3. The minimum atomic E-state index is -4.60. The van der Waals surface area contributed by atoms with Crippen molar-refractivity contribution in [2.24, 2.45) is 0 Å². The lowest BCUT2D eigenvalue weighted by atomic mass is 9.80. The van der Waals surface area contributed by atoms with E-state index in [1.54, 1.807) is 19.9 Å². The Kier molecular flexibility index (Phi) is 7.99. The molecule has 0 saturated carbocycles. The van der Waals surface area contributed by atoms with Crippen molar-refractivity contribution >= 4 is 11.7 Å². The zero-order chi connectivity index (χ0) is 28.5. The third-order valence-electron chi connectivity index (χ3n) is 7.92. The number of piperidine rings is 3. The number of nitriles is 1. The molecule has 40 heavy (non-hydrogen) atoms. The van der Waals surface area contributed by atoms with Gasteiger partial charge in [0.15, 0.2) is 6.29 Å². The van der Waals surface area contributed by atoms with E-state index in [2.05, 4.69) is 25.5 Å². The van der Waals surface area contributed by atoms with Crippen LogP contribution in [0.5, 0.6) is 0 Å². The number of aromatic nitrogens is 2. The van der Waals surface area contributed by atoms with Gasteiger partial charge in [-0.3, -0.25) is 4.79 Å². The van der Waals surface area contributed by atoms with Gasteiger partial charge in [-0.1, -0.05) is 0 Å². The van der Waals surface area contributed by atoms with E-state index in [-0.39, 0.29) is 29.0 Å². The molecule has 0 radical (unpaired) electrons. The number of rotatable bonds is 7. The molecule has 5 heterocycles. The van der Waals surface area contributed by atoms with E-state index in [1.807, 2.05) is 0 Å². The molecular formula is C28H33F3N6O3. The smallest absolute Gasteiger partial charge is 0.363 e. The highest BCUT2D eigenvalue weighted by Gasteiger charge is 2.40. The number of carbonyl (C=O) groups is 1. The van der Waals surface area contributed by atoms with Crippen molar-refractivity contribution in [3.05, 3.63) is 52.0 Å². The maximum absolute atomic E-state index is 13.5. The molecule has 2 bridgehead atoms. The fourth-order valence-corrected chi connectivity index (χ4v) is 5.71. The Bertz CT molecular complexity index is 1280. The van der Waals surface area contributed by atoms with Crippen molar-refractivity contribution in [2.45, 2.75) is 70.0 Å². The SMILES string of the molecule is Cc1nc(CC(=O)NC23CCN(CC2)CC3)c(C2OCCCO2)c(N[C@H](C)c2cc(C#N)cc(C(F)(F)F)c2)n1. The van der Waals surface area contributed by atoms with E-state index in [4.69, 9.17) is 9.47 Å². The molecule has 1 aromatic carbocycles. The number of nitrogens with zero attached hydrogens (tertiary/aromatic N) is 4. The summed E-state index contributed by atoms with van der Waals surface area (Å²) in [5.41, 5.74) is -0.0427. The van der Waals surface area contributed by atoms with Crippen molar-refractivity contribution < 1.29 is 27.4 Å². The number of nitrogens with one attached hydrogen (secondary N) is 2. The first-order chi connectivity index (χ1) is 19.0. The van der Waals surface area contributed by atoms with Gasteiger partial charge in [0, 0.05) is 25.2 Å². The van der Waals surface area contributed by atoms with Crippen LogP contribution in [-0.4, -0.2) is 59.2 Å². The maximum Gasteiger partial charge on any atom is 0.416 e. The number of amides is 1. The topological polar surface area (TPSA) is 112 Å². The number of ether oxygens (including phenoxy) is 2. The Morgan fingerprint density at radius 3 is 2.48 bits per heavy atom. The monoisotopic (exact) mass is 558 g/mol. The summed E-state index contributed by atoms with van der Waals surface area (Å²) in [6.07, 6.45) is -2.01. The number of alkyl halides is 3. The molecule has 2 N–H and O–H groups in total. The van der Waals surface area contributed by atoms with E-state index in [9.17, 15) is 23.2 Å². The molecule has 214 valence electrons. The molecule has 0 unspecified atom stereocenters. The van der Waals surface area contributed by atoms with Gasteiger partial charge in [0.05, 0.1) is 54.1 Å². The summed E-state index contributed by atoms with van der Waals surface area (Å²) in [7, 11) is 0. The molecule has 1 atom stereocenters. The van der Waals surface area contributed by atoms with Gasteiger partial charge in [0.2, 0.25) is 5.91 Å². The maximum atomic E-state index is 13.5. The van der Waals surface area contributed by atoms with E-state index < -0.39 is 24.1 Å². The zero-order valence-corrected chi connectivity index (χ0v) is 22.6. The summed E-state index contributed by atoms with van der Waals surface area (Å²) in [6.45, 7) is 7.17. The molecule has 1 aromatic heterocycles. The van der Waals surface area contributed by atoms with Crippen LogP contribution in [0, 0.1) is 18.3 Å². The molecule has 2 aromatic rings. The van der Waals surface area contributed by atoms with Crippen LogP contribution >= 0.6 is 0 Å². The molecular weight excluding hydrogens is 525 g/mol. The summed E-state index contributed by atoms with van der Waals surface area (Å²) in [4.78, 5) is 24.9. The van der Waals surface area contributed by atoms with Gasteiger partial charge in [-0.05, 0) is 63.3 Å². The standard InChI is InChI=1S/C28H33F3N6O3/c1-17(20-12-19(16-32)13-21(14-20)28(29,30)31)33-25-24(26-39-10-3-11-40-26)22(34-18(2)35-25)15-23(38)36-27-4-7-37(8-5-27)9-6-27/h12-14,17,26H,3-11,15H2,1-2H3,(H,36,38)(H,33,34,35)/t17-/m1/s1.